The molecule has 0 amide bonds. The first kappa shape index (κ1) is 15.1. The molecule has 3 N–H and O–H groups in total. The van der Waals surface area contributed by atoms with E-state index in [1.807, 2.05) is 0 Å². The van der Waals surface area contributed by atoms with Gasteiger partial charge in [0.25, 0.3) is 0 Å². The Bertz CT molecular complexity index is 336. The lowest BCUT2D eigenvalue weighted by Crippen LogP contribution is -2.34. The fourth-order valence-corrected chi connectivity index (χ4v) is 0.922. The third-order valence-corrected chi connectivity index (χ3v) is 1.65. The Morgan fingerprint density at radius 1 is 1.56 bits per heavy atom. The number of aliphatic imine (C=N–C) groups is 1. The maximum atomic E-state index is 5.63. The Hall–Kier alpha value is -0.860. The normalized spacial score (nSPS) is 11.4. The summed E-state index contributed by atoms with van der Waals surface area (Å²) < 4.78 is 4.89. The monoisotopic (exact) mass is 339 g/mol. The van der Waals surface area contributed by atoms with Crippen molar-refractivity contribution in [3.8, 4) is 0 Å². The standard InChI is InChI=1S/C9H17N5O.HI/c1-6(2)4-11-9(10)12-5-8-13-7(3)14-15-8;/h6H,4-5H2,1-3H3,(H3,10,11,12);1H. The number of hydrogen-bond donors (Lipinski definition) is 2. The third-order valence-electron chi connectivity index (χ3n) is 1.65. The van der Waals surface area contributed by atoms with Gasteiger partial charge in [0.1, 0.15) is 6.54 Å². The molecule has 7 heteroatoms. The molecule has 1 aromatic heterocycles. The highest BCUT2D eigenvalue weighted by Gasteiger charge is 2.01. The van der Waals surface area contributed by atoms with Crippen LogP contribution in [0.3, 0.4) is 0 Å². The van der Waals surface area contributed by atoms with Crippen LogP contribution < -0.4 is 11.1 Å². The SMILES string of the molecule is Cc1noc(CN=C(N)NCC(C)C)n1.I. The Morgan fingerprint density at radius 2 is 2.25 bits per heavy atom. The Kier molecular flexibility index (Phi) is 7.02. The average Bonchev–Trinajstić information content (AvgIpc) is 2.58. The van der Waals surface area contributed by atoms with Gasteiger partial charge in [-0.3, -0.25) is 0 Å². The summed E-state index contributed by atoms with van der Waals surface area (Å²) in [5.41, 5.74) is 5.63. The van der Waals surface area contributed by atoms with Crippen LogP contribution in [0.2, 0.25) is 0 Å². The minimum absolute atomic E-state index is 0. The van der Waals surface area contributed by atoms with E-state index in [1.54, 1.807) is 6.92 Å². The van der Waals surface area contributed by atoms with Crippen molar-refractivity contribution in [3.63, 3.8) is 0 Å². The molecule has 1 rings (SSSR count). The molecule has 0 saturated carbocycles. The van der Waals surface area contributed by atoms with E-state index in [-0.39, 0.29) is 24.0 Å². The zero-order valence-corrected chi connectivity index (χ0v) is 12.1. The molecular weight excluding hydrogens is 321 g/mol. The van der Waals surface area contributed by atoms with Crippen molar-refractivity contribution in [3.05, 3.63) is 11.7 Å². The molecule has 0 bridgehead atoms. The van der Waals surface area contributed by atoms with Gasteiger partial charge in [0.05, 0.1) is 0 Å². The Morgan fingerprint density at radius 3 is 2.75 bits per heavy atom. The molecule has 0 spiro atoms. The van der Waals surface area contributed by atoms with Gasteiger partial charge in [-0.1, -0.05) is 19.0 Å². The second-order valence-corrected chi connectivity index (χ2v) is 3.71. The first-order valence-electron chi connectivity index (χ1n) is 4.91. The fourth-order valence-electron chi connectivity index (χ4n) is 0.922. The molecular formula is C9H18IN5O. The predicted octanol–water partition coefficient (Wildman–Crippen LogP) is 1.06. The molecule has 1 aromatic rings. The first-order valence-corrected chi connectivity index (χ1v) is 4.91. The fraction of sp³-hybridized carbons (Fsp3) is 0.667. The average molecular weight is 339 g/mol. The van der Waals surface area contributed by atoms with Crippen LogP contribution in [0.1, 0.15) is 25.6 Å². The minimum atomic E-state index is 0. The molecule has 0 aliphatic carbocycles. The van der Waals surface area contributed by atoms with Crippen LogP contribution in [0.25, 0.3) is 0 Å². The number of rotatable bonds is 4. The lowest BCUT2D eigenvalue weighted by Gasteiger charge is -2.06. The van der Waals surface area contributed by atoms with Crippen LogP contribution in [0.5, 0.6) is 0 Å². The molecule has 0 aliphatic rings. The summed E-state index contributed by atoms with van der Waals surface area (Å²) in [4.78, 5) is 8.08. The van der Waals surface area contributed by atoms with Crippen molar-refractivity contribution in [2.45, 2.75) is 27.3 Å². The smallest absolute Gasteiger partial charge is 0.248 e. The number of aryl methyl sites for hydroxylation is 1. The van der Waals surface area contributed by atoms with Crippen LogP contribution in [0, 0.1) is 12.8 Å². The summed E-state index contributed by atoms with van der Waals surface area (Å²) in [6.07, 6.45) is 0. The summed E-state index contributed by atoms with van der Waals surface area (Å²) in [6.45, 7) is 7.08. The lowest BCUT2D eigenvalue weighted by molar-refractivity contribution is 0.376. The quantitative estimate of drug-likeness (QED) is 0.486. The van der Waals surface area contributed by atoms with Crippen molar-refractivity contribution < 1.29 is 4.52 Å². The molecule has 0 unspecified atom stereocenters. The second-order valence-electron chi connectivity index (χ2n) is 3.71. The highest BCUT2D eigenvalue weighted by Crippen LogP contribution is 1.97. The van der Waals surface area contributed by atoms with Gasteiger partial charge >= 0.3 is 0 Å². The number of nitrogens with zero attached hydrogens (tertiary/aromatic N) is 3. The van der Waals surface area contributed by atoms with Gasteiger partial charge in [0, 0.05) is 6.54 Å². The van der Waals surface area contributed by atoms with Crippen LogP contribution in [-0.2, 0) is 6.54 Å². The van der Waals surface area contributed by atoms with Gasteiger partial charge in [-0.15, -0.1) is 24.0 Å². The second kappa shape index (κ2) is 7.42. The van der Waals surface area contributed by atoms with E-state index >= 15 is 0 Å². The molecule has 6 nitrogen and oxygen atoms in total. The molecule has 92 valence electrons. The van der Waals surface area contributed by atoms with Gasteiger partial charge < -0.3 is 15.6 Å². The van der Waals surface area contributed by atoms with Gasteiger partial charge in [-0.25, -0.2) is 4.99 Å². The minimum Gasteiger partial charge on any atom is -0.370 e. The molecule has 0 atom stereocenters. The zero-order valence-electron chi connectivity index (χ0n) is 9.73. The number of hydrogen-bond acceptors (Lipinski definition) is 4. The number of nitrogens with two attached hydrogens (primary N) is 1. The van der Waals surface area contributed by atoms with Crippen LogP contribution >= 0.6 is 24.0 Å². The van der Waals surface area contributed by atoms with Gasteiger partial charge in [0.15, 0.2) is 11.8 Å². The van der Waals surface area contributed by atoms with Gasteiger partial charge in [-0.2, -0.15) is 4.98 Å². The summed E-state index contributed by atoms with van der Waals surface area (Å²) in [5, 5.41) is 6.65. The van der Waals surface area contributed by atoms with E-state index in [0.717, 1.165) is 6.54 Å². The number of aromatic nitrogens is 2. The first-order chi connectivity index (χ1) is 7.08. The third kappa shape index (κ3) is 5.89. The topological polar surface area (TPSA) is 89.3 Å². The number of guanidine groups is 1. The van der Waals surface area contributed by atoms with E-state index < -0.39 is 0 Å². The molecule has 0 radical (unpaired) electrons. The molecule has 0 fully saturated rings. The van der Waals surface area contributed by atoms with Gasteiger partial charge in [0.2, 0.25) is 5.89 Å². The van der Waals surface area contributed by atoms with Crippen LogP contribution in [0.4, 0.5) is 0 Å². The molecule has 1 heterocycles. The number of nitrogens with one attached hydrogen (secondary N) is 1. The van der Waals surface area contributed by atoms with Crippen LogP contribution in [-0.4, -0.2) is 22.6 Å². The zero-order chi connectivity index (χ0) is 11.3. The molecule has 16 heavy (non-hydrogen) atoms. The van der Waals surface area contributed by atoms with Crippen molar-refractivity contribution in [2.75, 3.05) is 6.54 Å². The molecule has 0 aliphatic heterocycles. The maximum absolute atomic E-state index is 5.63. The lowest BCUT2D eigenvalue weighted by atomic mass is 10.2. The number of halogens is 1. The van der Waals surface area contributed by atoms with Crippen molar-refractivity contribution in [1.82, 2.24) is 15.5 Å². The van der Waals surface area contributed by atoms with Crippen molar-refractivity contribution in [1.29, 1.82) is 0 Å². The van der Waals surface area contributed by atoms with E-state index in [1.165, 1.54) is 0 Å². The summed E-state index contributed by atoms with van der Waals surface area (Å²) in [6, 6.07) is 0. The van der Waals surface area contributed by atoms with Crippen molar-refractivity contribution in [2.24, 2.45) is 16.6 Å². The Balaban J connectivity index is 0.00000225. The summed E-state index contributed by atoms with van der Waals surface area (Å²) in [7, 11) is 0. The van der Waals surface area contributed by atoms with Crippen LogP contribution in [0.15, 0.2) is 9.52 Å². The molecule has 0 aromatic carbocycles. The van der Waals surface area contributed by atoms with E-state index in [2.05, 4.69) is 34.3 Å². The highest BCUT2D eigenvalue weighted by molar-refractivity contribution is 14.0. The largest absolute Gasteiger partial charge is 0.370 e. The maximum Gasteiger partial charge on any atom is 0.248 e. The summed E-state index contributed by atoms with van der Waals surface area (Å²) in [5.74, 6) is 2.01. The van der Waals surface area contributed by atoms with E-state index in [9.17, 15) is 0 Å². The molecule has 0 saturated heterocycles. The van der Waals surface area contributed by atoms with Gasteiger partial charge in [-0.05, 0) is 12.8 Å². The van der Waals surface area contributed by atoms with E-state index in [4.69, 9.17) is 10.3 Å². The highest BCUT2D eigenvalue weighted by atomic mass is 127. The van der Waals surface area contributed by atoms with Crippen molar-refractivity contribution >= 4 is 29.9 Å². The predicted molar refractivity (Wildman–Crippen MR) is 72.6 cm³/mol. The van der Waals surface area contributed by atoms with E-state index in [0.29, 0.717) is 30.1 Å². The summed E-state index contributed by atoms with van der Waals surface area (Å²) >= 11 is 0. The Labute approximate surface area is 112 Å².